The lowest BCUT2D eigenvalue weighted by atomic mass is 9.97. The van der Waals surface area contributed by atoms with Crippen molar-refractivity contribution in [2.75, 3.05) is 0 Å². The zero-order valence-electron chi connectivity index (χ0n) is 27.7. The molecule has 0 bridgehead atoms. The number of fused-ring (bicyclic) bond motifs is 9. The lowest BCUT2D eigenvalue weighted by Crippen LogP contribution is -2.09. The van der Waals surface area contributed by atoms with E-state index in [9.17, 15) is 0 Å². The summed E-state index contributed by atoms with van der Waals surface area (Å²) < 4.78 is 47.7. The van der Waals surface area contributed by atoms with Crippen molar-refractivity contribution in [2.45, 2.75) is 12.5 Å². The molecule has 0 fully saturated rings. The molecule has 0 N–H and O–H groups in total. The Morgan fingerprint density at radius 3 is 2.21 bits per heavy atom. The number of allylic oxidation sites excluding steroid dienone is 4. The average Bonchev–Trinajstić information content (AvgIpc) is 3.64. The topological polar surface area (TPSA) is 9.86 Å². The van der Waals surface area contributed by atoms with Crippen LogP contribution in [-0.2, 0) is 0 Å². The highest BCUT2D eigenvalue weighted by molar-refractivity contribution is 6.28. The van der Waals surface area contributed by atoms with Gasteiger partial charge < -0.3 is 9.13 Å². The van der Waals surface area contributed by atoms with Crippen LogP contribution < -0.4 is 0 Å². The third-order valence-electron chi connectivity index (χ3n) is 8.71. The van der Waals surface area contributed by atoms with Crippen molar-refractivity contribution in [1.82, 2.24) is 9.13 Å². The molecule has 0 saturated heterocycles. The van der Waals surface area contributed by atoms with Crippen molar-refractivity contribution in [1.29, 1.82) is 0 Å². The molecule has 2 heterocycles. The van der Waals surface area contributed by atoms with Gasteiger partial charge in [0.15, 0.2) is 0 Å². The summed E-state index contributed by atoms with van der Waals surface area (Å²) in [5.41, 5.74) is 6.21. The molecular weight excluding hydrogens is 508 g/mol. The summed E-state index contributed by atoms with van der Waals surface area (Å²) in [6.07, 6.45) is 7.54. The second kappa shape index (κ2) is 9.09. The van der Waals surface area contributed by atoms with Crippen molar-refractivity contribution in [3.8, 4) is 5.69 Å². The molecule has 0 amide bonds. The summed E-state index contributed by atoms with van der Waals surface area (Å²) in [6, 6.07) is 33.9. The van der Waals surface area contributed by atoms with Crippen LogP contribution in [0.4, 0.5) is 0 Å². The van der Waals surface area contributed by atoms with Gasteiger partial charge in [-0.25, -0.2) is 0 Å². The summed E-state index contributed by atoms with van der Waals surface area (Å²) >= 11 is 0. The predicted molar refractivity (Wildman–Crippen MR) is 179 cm³/mol. The van der Waals surface area contributed by atoms with E-state index in [2.05, 4.69) is 95.6 Å². The SMILES string of the molecule is [2H]c1c([2H])c([2H])c(-n2c3ccccc3c3ccc4c5c6ccccc6ccc5n(C5C=CC(c6ccccc6)=CC5)c4c32)c([2H])c1[2H]. The quantitative estimate of drug-likeness (QED) is 0.211. The van der Waals surface area contributed by atoms with E-state index in [1.54, 1.807) is 0 Å². The number of para-hydroxylation sites is 2. The minimum atomic E-state index is -0.399. The molecule has 0 spiro atoms. The van der Waals surface area contributed by atoms with Gasteiger partial charge in [-0.2, -0.15) is 0 Å². The highest BCUT2D eigenvalue weighted by Crippen LogP contribution is 2.44. The van der Waals surface area contributed by atoms with Gasteiger partial charge in [0.25, 0.3) is 0 Å². The Morgan fingerprint density at radius 1 is 0.619 bits per heavy atom. The van der Waals surface area contributed by atoms with Gasteiger partial charge in [-0.15, -0.1) is 0 Å². The summed E-state index contributed by atoms with van der Waals surface area (Å²) in [5.74, 6) is 0. The fourth-order valence-electron chi connectivity index (χ4n) is 6.93. The monoisotopic (exact) mass is 541 g/mol. The van der Waals surface area contributed by atoms with Crippen molar-refractivity contribution in [2.24, 2.45) is 0 Å². The zero-order chi connectivity index (χ0) is 32.0. The first-order valence-electron chi connectivity index (χ1n) is 16.8. The van der Waals surface area contributed by atoms with Crippen LogP contribution in [0.1, 0.15) is 24.9 Å². The Bertz CT molecular complexity index is 2630. The van der Waals surface area contributed by atoms with E-state index in [-0.39, 0.29) is 35.9 Å². The Hall–Kier alpha value is -5.34. The van der Waals surface area contributed by atoms with Crippen LogP contribution in [0.25, 0.3) is 65.6 Å². The van der Waals surface area contributed by atoms with Crippen molar-refractivity contribution in [3.63, 3.8) is 0 Å². The molecule has 198 valence electrons. The zero-order valence-corrected chi connectivity index (χ0v) is 22.7. The molecule has 1 aliphatic carbocycles. The van der Waals surface area contributed by atoms with Crippen LogP contribution in [0.2, 0.25) is 0 Å². The minimum Gasteiger partial charge on any atom is -0.331 e. The molecule has 2 aromatic heterocycles. The van der Waals surface area contributed by atoms with Crippen LogP contribution >= 0.6 is 0 Å². The number of nitrogens with zero attached hydrogens (tertiary/aromatic N) is 2. The highest BCUT2D eigenvalue weighted by atomic mass is 15.1. The normalized spacial score (nSPS) is 17.0. The molecule has 0 aliphatic heterocycles. The lowest BCUT2D eigenvalue weighted by Gasteiger charge is -2.22. The van der Waals surface area contributed by atoms with E-state index < -0.39 is 6.04 Å². The summed E-state index contributed by atoms with van der Waals surface area (Å²) in [6.45, 7) is 0. The molecule has 0 radical (unpaired) electrons. The standard InChI is InChI=1S/C40H28N2/c1-3-11-27(12-4-1)28-19-22-31(23-20-28)42-37-26-21-29-13-7-8-16-32(29)38(37)35-25-24-34-33-17-9-10-18-36(33)41(39(34)40(35)42)30-14-5-2-6-15-30/h1-22,24-26,31H,23H2/i2D,5D,6D,14D,15D. The maximum Gasteiger partial charge on any atom is 0.0785 e. The first-order valence-corrected chi connectivity index (χ1v) is 14.3. The Kier molecular flexibility index (Phi) is 4.09. The highest BCUT2D eigenvalue weighted by Gasteiger charge is 2.24. The van der Waals surface area contributed by atoms with Gasteiger partial charge in [0, 0.05) is 27.2 Å². The molecule has 6 aromatic carbocycles. The third-order valence-corrected chi connectivity index (χ3v) is 8.71. The van der Waals surface area contributed by atoms with Crippen LogP contribution in [0.15, 0.2) is 152 Å². The number of rotatable bonds is 3. The van der Waals surface area contributed by atoms with Crippen molar-refractivity contribution in [3.05, 3.63) is 157 Å². The van der Waals surface area contributed by atoms with Gasteiger partial charge in [-0.05, 0) is 52.5 Å². The second-order valence-corrected chi connectivity index (χ2v) is 10.9. The minimum absolute atomic E-state index is 0.0132. The van der Waals surface area contributed by atoms with E-state index in [0.717, 1.165) is 60.8 Å². The molecule has 8 aromatic rings. The predicted octanol–water partition coefficient (Wildman–Crippen LogP) is 10.6. The number of hydrogen-bond acceptors (Lipinski definition) is 0. The number of benzene rings is 6. The van der Waals surface area contributed by atoms with E-state index >= 15 is 0 Å². The number of aromatic nitrogens is 2. The molecule has 2 heteroatoms. The Labute approximate surface area is 251 Å². The van der Waals surface area contributed by atoms with Crippen LogP contribution in [0.3, 0.4) is 0 Å². The molecule has 2 nitrogen and oxygen atoms in total. The number of hydrogen-bond donors (Lipinski definition) is 0. The van der Waals surface area contributed by atoms with E-state index in [0.29, 0.717) is 0 Å². The molecule has 1 unspecified atom stereocenters. The fraction of sp³-hybridized carbons (Fsp3) is 0.0500. The summed E-state index contributed by atoms with van der Waals surface area (Å²) in [4.78, 5) is 0. The van der Waals surface area contributed by atoms with Crippen molar-refractivity contribution < 1.29 is 6.85 Å². The lowest BCUT2D eigenvalue weighted by molar-refractivity contribution is 0.650. The van der Waals surface area contributed by atoms with E-state index in [4.69, 9.17) is 6.85 Å². The maximum atomic E-state index is 9.02. The molecule has 1 aliphatic rings. The fourth-order valence-corrected chi connectivity index (χ4v) is 6.93. The Morgan fingerprint density at radius 2 is 1.38 bits per heavy atom. The summed E-state index contributed by atoms with van der Waals surface area (Å²) in [5, 5.41) is 6.43. The Balaban J connectivity index is 1.46. The van der Waals surface area contributed by atoms with Gasteiger partial charge in [-0.3, -0.25) is 0 Å². The van der Waals surface area contributed by atoms with Gasteiger partial charge in [0.2, 0.25) is 0 Å². The molecule has 1 atom stereocenters. The van der Waals surface area contributed by atoms with Gasteiger partial charge in [0.1, 0.15) is 0 Å². The summed E-state index contributed by atoms with van der Waals surface area (Å²) in [7, 11) is 0. The molecule has 42 heavy (non-hydrogen) atoms. The largest absolute Gasteiger partial charge is 0.331 e. The molecular formula is C40H28N2. The molecule has 9 rings (SSSR count). The van der Waals surface area contributed by atoms with E-state index in [1.165, 1.54) is 11.1 Å². The first-order chi connectivity index (χ1) is 22.9. The average molecular weight is 542 g/mol. The van der Waals surface area contributed by atoms with Gasteiger partial charge in [0.05, 0.1) is 35.0 Å². The molecule has 0 saturated carbocycles. The second-order valence-electron chi connectivity index (χ2n) is 10.9. The van der Waals surface area contributed by atoms with E-state index in [1.807, 2.05) is 34.9 Å². The third kappa shape index (κ3) is 3.33. The van der Waals surface area contributed by atoms with Crippen LogP contribution in [-0.4, -0.2) is 9.13 Å². The van der Waals surface area contributed by atoms with Crippen LogP contribution in [0.5, 0.6) is 0 Å². The van der Waals surface area contributed by atoms with Gasteiger partial charge >= 0.3 is 0 Å². The van der Waals surface area contributed by atoms with Crippen molar-refractivity contribution >= 4 is 60.0 Å². The van der Waals surface area contributed by atoms with Crippen LogP contribution in [0, 0.1) is 0 Å². The van der Waals surface area contributed by atoms with Gasteiger partial charge in [-0.1, -0.05) is 127 Å². The smallest absolute Gasteiger partial charge is 0.0785 e. The maximum absolute atomic E-state index is 9.02. The first kappa shape index (κ1) is 18.9.